The minimum Gasteiger partial charge on any atom is -0.370 e. The number of allylic oxidation sites excluding steroid dienone is 3. The molecule has 120 valence electrons. The van der Waals surface area contributed by atoms with Crippen molar-refractivity contribution in [2.24, 2.45) is 17.3 Å². The van der Waals surface area contributed by atoms with Crippen molar-refractivity contribution in [1.82, 2.24) is 4.90 Å². The van der Waals surface area contributed by atoms with E-state index in [1.54, 1.807) is 0 Å². The van der Waals surface area contributed by atoms with E-state index in [1.165, 1.54) is 50.8 Å². The Morgan fingerprint density at radius 2 is 1.95 bits per heavy atom. The van der Waals surface area contributed by atoms with Crippen LogP contribution in [-0.2, 0) is 0 Å². The monoisotopic (exact) mass is 289 g/mol. The summed E-state index contributed by atoms with van der Waals surface area (Å²) >= 11 is 0. The Labute approximate surface area is 132 Å². The molecule has 2 saturated carbocycles. The van der Waals surface area contributed by atoms with E-state index in [4.69, 9.17) is 0 Å². The van der Waals surface area contributed by atoms with Gasteiger partial charge in [-0.3, -0.25) is 0 Å². The standard InChI is InChI=1S/C20H35N/c1-7-8-9-10-11-18-14-20(18,6)15-21(19(3,4)5)16(2)17-12-13-17/h8-9,17-18H,2,7,10-15H2,1,3-6H3/b9-8-. The molecule has 0 bridgehead atoms. The second kappa shape index (κ2) is 6.18. The van der Waals surface area contributed by atoms with E-state index in [2.05, 4.69) is 58.2 Å². The van der Waals surface area contributed by atoms with E-state index in [0.717, 1.165) is 11.8 Å². The molecule has 2 atom stereocenters. The molecule has 2 rings (SSSR count). The summed E-state index contributed by atoms with van der Waals surface area (Å²) in [5.41, 5.74) is 2.13. The molecule has 1 nitrogen and oxygen atoms in total. The largest absolute Gasteiger partial charge is 0.370 e. The summed E-state index contributed by atoms with van der Waals surface area (Å²) in [6.45, 7) is 17.3. The number of hydrogen-bond acceptors (Lipinski definition) is 1. The molecule has 2 aliphatic carbocycles. The third kappa shape index (κ3) is 4.37. The van der Waals surface area contributed by atoms with Gasteiger partial charge in [-0.2, -0.15) is 0 Å². The van der Waals surface area contributed by atoms with Crippen molar-refractivity contribution in [3.8, 4) is 0 Å². The molecule has 0 radical (unpaired) electrons. The van der Waals surface area contributed by atoms with Crippen LogP contribution in [0.5, 0.6) is 0 Å². The summed E-state index contributed by atoms with van der Waals surface area (Å²) in [7, 11) is 0. The van der Waals surface area contributed by atoms with Gasteiger partial charge in [-0.15, -0.1) is 0 Å². The van der Waals surface area contributed by atoms with Gasteiger partial charge >= 0.3 is 0 Å². The third-order valence-corrected chi connectivity index (χ3v) is 5.35. The van der Waals surface area contributed by atoms with Crippen LogP contribution in [-0.4, -0.2) is 17.0 Å². The molecule has 0 heterocycles. The van der Waals surface area contributed by atoms with E-state index in [0.29, 0.717) is 5.41 Å². The van der Waals surface area contributed by atoms with Crippen molar-refractivity contribution in [2.45, 2.75) is 78.7 Å². The Bertz CT molecular complexity index is 397. The van der Waals surface area contributed by atoms with Crippen molar-refractivity contribution in [3.63, 3.8) is 0 Å². The Morgan fingerprint density at radius 1 is 1.29 bits per heavy atom. The second-order valence-corrected chi connectivity index (χ2v) is 8.53. The first-order chi connectivity index (χ1) is 9.78. The molecular formula is C20H35N. The van der Waals surface area contributed by atoms with Crippen LogP contribution in [0, 0.1) is 17.3 Å². The molecule has 0 aliphatic heterocycles. The lowest BCUT2D eigenvalue weighted by Gasteiger charge is -2.41. The maximum absolute atomic E-state index is 4.42. The molecule has 0 amide bonds. The molecular weight excluding hydrogens is 254 g/mol. The first-order valence-electron chi connectivity index (χ1n) is 8.89. The molecule has 0 aromatic rings. The first kappa shape index (κ1) is 16.6. The van der Waals surface area contributed by atoms with Crippen LogP contribution in [0.1, 0.15) is 73.1 Å². The van der Waals surface area contributed by atoms with Gasteiger partial charge in [-0.05, 0) is 76.5 Å². The minimum atomic E-state index is 0.206. The lowest BCUT2D eigenvalue weighted by Crippen LogP contribution is -2.44. The zero-order valence-electron chi connectivity index (χ0n) is 14.9. The van der Waals surface area contributed by atoms with Crippen LogP contribution in [0.25, 0.3) is 0 Å². The van der Waals surface area contributed by atoms with Gasteiger partial charge in [0.15, 0.2) is 0 Å². The number of hydrogen-bond donors (Lipinski definition) is 0. The Morgan fingerprint density at radius 3 is 2.48 bits per heavy atom. The van der Waals surface area contributed by atoms with Crippen molar-refractivity contribution in [3.05, 3.63) is 24.4 Å². The van der Waals surface area contributed by atoms with Gasteiger partial charge in [-0.25, -0.2) is 0 Å². The van der Waals surface area contributed by atoms with Crippen molar-refractivity contribution < 1.29 is 0 Å². The number of rotatable bonds is 8. The van der Waals surface area contributed by atoms with Crippen molar-refractivity contribution in [1.29, 1.82) is 0 Å². The van der Waals surface area contributed by atoms with E-state index < -0.39 is 0 Å². The molecule has 2 fully saturated rings. The maximum atomic E-state index is 4.42. The highest BCUT2D eigenvalue weighted by Gasteiger charge is 2.51. The fraction of sp³-hybridized carbons (Fsp3) is 0.800. The summed E-state index contributed by atoms with van der Waals surface area (Å²) in [6.07, 6.45) is 12.6. The van der Waals surface area contributed by atoms with E-state index in [9.17, 15) is 0 Å². The molecule has 0 saturated heterocycles. The van der Waals surface area contributed by atoms with Gasteiger partial charge in [0.25, 0.3) is 0 Å². The zero-order valence-corrected chi connectivity index (χ0v) is 14.9. The predicted octanol–water partition coefficient (Wildman–Crippen LogP) is 5.78. The minimum absolute atomic E-state index is 0.206. The molecule has 1 heteroatoms. The quantitative estimate of drug-likeness (QED) is 0.512. The average molecular weight is 290 g/mol. The second-order valence-electron chi connectivity index (χ2n) is 8.53. The molecule has 0 N–H and O–H groups in total. The van der Waals surface area contributed by atoms with Gasteiger partial charge in [0.1, 0.15) is 0 Å². The molecule has 2 unspecified atom stereocenters. The smallest absolute Gasteiger partial charge is 0.0315 e. The molecule has 0 aromatic carbocycles. The zero-order chi connectivity index (χ0) is 15.7. The normalized spacial score (nSPS) is 28.9. The lowest BCUT2D eigenvalue weighted by atomic mass is 9.97. The summed E-state index contributed by atoms with van der Waals surface area (Å²) in [5.74, 6) is 1.69. The van der Waals surface area contributed by atoms with Gasteiger partial charge in [0.2, 0.25) is 0 Å². The van der Waals surface area contributed by atoms with Crippen LogP contribution in [0.15, 0.2) is 24.4 Å². The molecule has 21 heavy (non-hydrogen) atoms. The van der Waals surface area contributed by atoms with Crippen LogP contribution in [0.3, 0.4) is 0 Å². The van der Waals surface area contributed by atoms with Crippen molar-refractivity contribution in [2.75, 3.05) is 6.54 Å². The third-order valence-electron chi connectivity index (χ3n) is 5.35. The Hall–Kier alpha value is -0.720. The number of nitrogens with zero attached hydrogens (tertiary/aromatic N) is 1. The lowest BCUT2D eigenvalue weighted by molar-refractivity contribution is 0.141. The van der Waals surface area contributed by atoms with Crippen molar-refractivity contribution >= 4 is 0 Å². The highest BCUT2D eigenvalue weighted by Crippen LogP contribution is 2.56. The SMILES string of the molecule is C=C(C1CC1)N(CC1(C)CC1CC/C=C\CC)C(C)(C)C. The van der Waals surface area contributed by atoms with Crippen LogP contribution in [0.2, 0.25) is 0 Å². The summed E-state index contributed by atoms with van der Waals surface area (Å²) in [4.78, 5) is 2.62. The van der Waals surface area contributed by atoms with Crippen LogP contribution in [0.4, 0.5) is 0 Å². The first-order valence-corrected chi connectivity index (χ1v) is 8.89. The predicted molar refractivity (Wildman–Crippen MR) is 93.2 cm³/mol. The molecule has 0 spiro atoms. The highest BCUT2D eigenvalue weighted by atomic mass is 15.2. The Balaban J connectivity index is 1.89. The topological polar surface area (TPSA) is 3.24 Å². The Kier molecular flexibility index (Phi) is 4.90. The van der Waals surface area contributed by atoms with Gasteiger partial charge < -0.3 is 4.90 Å². The fourth-order valence-corrected chi connectivity index (χ4v) is 3.50. The van der Waals surface area contributed by atoms with E-state index >= 15 is 0 Å². The highest BCUT2D eigenvalue weighted by molar-refractivity contribution is 5.13. The van der Waals surface area contributed by atoms with Crippen LogP contribution >= 0.6 is 0 Å². The summed E-state index contributed by atoms with van der Waals surface area (Å²) < 4.78 is 0. The van der Waals surface area contributed by atoms with E-state index in [-0.39, 0.29) is 5.54 Å². The van der Waals surface area contributed by atoms with Gasteiger partial charge in [0.05, 0.1) is 0 Å². The van der Waals surface area contributed by atoms with Gasteiger partial charge in [-0.1, -0.05) is 32.6 Å². The summed E-state index contributed by atoms with van der Waals surface area (Å²) in [5, 5.41) is 0. The summed E-state index contributed by atoms with van der Waals surface area (Å²) in [6, 6.07) is 0. The van der Waals surface area contributed by atoms with Gasteiger partial charge in [0, 0.05) is 17.8 Å². The van der Waals surface area contributed by atoms with Crippen LogP contribution < -0.4 is 0 Å². The van der Waals surface area contributed by atoms with E-state index in [1.807, 2.05) is 0 Å². The molecule has 0 aromatic heterocycles. The molecule has 2 aliphatic rings. The average Bonchev–Trinajstić information content (AvgIpc) is 3.27. The fourth-order valence-electron chi connectivity index (χ4n) is 3.50. The maximum Gasteiger partial charge on any atom is 0.0315 e.